The third kappa shape index (κ3) is 2.49. The van der Waals surface area contributed by atoms with E-state index in [0.717, 1.165) is 34.2 Å². The number of hydrogen-bond acceptors (Lipinski definition) is 3. The number of aldehydes is 1. The number of terminal acetylenes is 1. The molecule has 0 aliphatic carbocycles. The predicted octanol–water partition coefficient (Wildman–Crippen LogP) is 3.54. The molecule has 0 saturated heterocycles. The minimum absolute atomic E-state index is 0.536. The monoisotopic (exact) mass is 291 g/mol. The fraction of sp³-hybridized carbons (Fsp3) is 0.211. The molecule has 0 fully saturated rings. The number of fused-ring (bicyclic) bond motifs is 1. The molecular weight excluding hydrogens is 274 g/mol. The molecule has 2 aromatic rings. The van der Waals surface area contributed by atoms with Gasteiger partial charge in [-0.05, 0) is 49.2 Å². The first-order chi connectivity index (χ1) is 10.5. The number of carbonyl (C=O) groups excluding carboxylic acids is 1. The highest BCUT2D eigenvalue weighted by atomic mass is 16.5. The first-order valence-corrected chi connectivity index (χ1v) is 7.15. The second kappa shape index (κ2) is 5.32. The third-order valence-electron chi connectivity index (χ3n) is 3.87. The smallest absolute Gasteiger partial charge is 0.185 e. The van der Waals surface area contributed by atoms with Gasteiger partial charge in [0.25, 0.3) is 0 Å². The second-order valence-electron chi connectivity index (χ2n) is 5.81. The Bertz CT molecular complexity index is 771. The molecule has 0 radical (unpaired) electrons. The fourth-order valence-electron chi connectivity index (χ4n) is 2.76. The van der Waals surface area contributed by atoms with E-state index in [4.69, 9.17) is 11.2 Å². The van der Waals surface area contributed by atoms with Gasteiger partial charge in [-0.25, -0.2) is 0 Å². The minimum atomic E-state index is -0.613. The zero-order valence-electron chi connectivity index (χ0n) is 12.6. The number of rotatable bonds is 2. The summed E-state index contributed by atoms with van der Waals surface area (Å²) in [6.07, 6.45) is 5.63. The fourth-order valence-corrected chi connectivity index (χ4v) is 2.76. The highest BCUT2D eigenvalue weighted by Gasteiger charge is 2.33. The maximum absolute atomic E-state index is 11.0. The lowest BCUT2D eigenvalue weighted by Gasteiger charge is -2.37. The van der Waals surface area contributed by atoms with Crippen molar-refractivity contribution in [2.24, 2.45) is 0 Å². The summed E-state index contributed by atoms with van der Waals surface area (Å²) < 4.78 is 5.77. The molecule has 3 heteroatoms. The van der Waals surface area contributed by atoms with Gasteiger partial charge in [-0.3, -0.25) is 4.79 Å². The van der Waals surface area contributed by atoms with E-state index in [9.17, 15) is 4.79 Å². The molecular formula is C19H17NO2. The molecule has 2 aromatic carbocycles. The molecule has 1 N–H and O–H groups in total. The summed E-state index contributed by atoms with van der Waals surface area (Å²) in [5, 5.41) is 3.08. The number of carbonyl (C=O) groups is 1. The number of benzene rings is 2. The number of ether oxygens (including phenoxy) is 1. The van der Waals surface area contributed by atoms with Crippen LogP contribution in [-0.4, -0.2) is 12.5 Å². The van der Waals surface area contributed by atoms with Crippen LogP contribution in [0, 0.1) is 12.3 Å². The van der Waals surface area contributed by atoms with Crippen molar-refractivity contribution in [3.8, 4) is 23.5 Å². The number of nitrogens with one attached hydrogen (secondary N) is 1. The maximum Gasteiger partial charge on any atom is 0.185 e. The molecule has 1 unspecified atom stereocenters. The molecule has 1 aliphatic heterocycles. The van der Waals surface area contributed by atoms with Crippen molar-refractivity contribution in [1.82, 2.24) is 0 Å². The largest absolute Gasteiger partial charge is 0.354 e. The summed E-state index contributed by atoms with van der Waals surface area (Å²) in [5.74, 6) is 2.65. The quantitative estimate of drug-likeness (QED) is 0.679. The summed E-state index contributed by atoms with van der Waals surface area (Å²) >= 11 is 0. The summed E-state index contributed by atoms with van der Waals surface area (Å²) in [6.45, 7) is 3.93. The van der Waals surface area contributed by atoms with Crippen molar-refractivity contribution in [1.29, 1.82) is 0 Å². The van der Waals surface area contributed by atoms with Crippen molar-refractivity contribution in [3.05, 3.63) is 53.6 Å². The van der Waals surface area contributed by atoms with Crippen LogP contribution in [-0.2, 0) is 15.1 Å². The molecule has 0 spiro atoms. The van der Waals surface area contributed by atoms with Crippen LogP contribution in [0.2, 0.25) is 0 Å². The summed E-state index contributed by atoms with van der Waals surface area (Å²) in [7, 11) is 0. The Kier molecular flexibility index (Phi) is 3.48. The van der Waals surface area contributed by atoms with E-state index < -0.39 is 11.8 Å². The van der Waals surface area contributed by atoms with Gasteiger partial charge in [-0.2, -0.15) is 0 Å². The molecule has 1 heterocycles. The molecule has 0 aromatic heterocycles. The van der Waals surface area contributed by atoms with E-state index in [0.29, 0.717) is 0 Å². The Labute approximate surface area is 130 Å². The lowest BCUT2D eigenvalue weighted by Crippen LogP contribution is -2.39. The zero-order chi connectivity index (χ0) is 15.7. The lowest BCUT2D eigenvalue weighted by atomic mass is 9.90. The molecule has 110 valence electrons. The second-order valence-corrected chi connectivity index (χ2v) is 5.81. The summed E-state index contributed by atoms with van der Waals surface area (Å²) in [4.78, 5) is 11.0. The van der Waals surface area contributed by atoms with Crippen LogP contribution in [0.4, 0.5) is 5.69 Å². The molecule has 0 amide bonds. The third-order valence-corrected chi connectivity index (χ3v) is 3.87. The Morgan fingerprint density at radius 3 is 2.73 bits per heavy atom. The number of hydrogen-bond donors (Lipinski definition) is 1. The van der Waals surface area contributed by atoms with Gasteiger partial charge in [0, 0.05) is 16.8 Å². The average molecular weight is 291 g/mol. The minimum Gasteiger partial charge on any atom is -0.354 e. The Balaban J connectivity index is 2.07. The van der Waals surface area contributed by atoms with Crippen molar-refractivity contribution in [2.75, 3.05) is 5.32 Å². The van der Waals surface area contributed by atoms with Gasteiger partial charge < -0.3 is 10.1 Å². The van der Waals surface area contributed by atoms with E-state index in [1.54, 1.807) is 0 Å². The molecule has 3 rings (SSSR count). The predicted molar refractivity (Wildman–Crippen MR) is 87.4 cm³/mol. The van der Waals surface area contributed by atoms with E-state index in [1.807, 2.05) is 50.2 Å². The maximum atomic E-state index is 11.0. The van der Waals surface area contributed by atoms with Crippen molar-refractivity contribution >= 4 is 12.0 Å². The first kappa shape index (κ1) is 14.4. The first-order valence-electron chi connectivity index (χ1n) is 7.15. The topological polar surface area (TPSA) is 38.3 Å². The van der Waals surface area contributed by atoms with E-state index in [-0.39, 0.29) is 0 Å². The van der Waals surface area contributed by atoms with Crippen LogP contribution in [0.25, 0.3) is 11.1 Å². The van der Waals surface area contributed by atoms with E-state index in [2.05, 4.69) is 17.3 Å². The Morgan fingerprint density at radius 1 is 1.23 bits per heavy atom. The highest BCUT2D eigenvalue weighted by Crippen LogP contribution is 2.38. The Morgan fingerprint density at radius 2 is 2.00 bits per heavy atom. The normalized spacial score (nSPS) is 18.7. The van der Waals surface area contributed by atoms with Gasteiger partial charge in [-0.1, -0.05) is 24.1 Å². The zero-order valence-corrected chi connectivity index (χ0v) is 12.6. The molecule has 1 atom stereocenters. The van der Waals surface area contributed by atoms with Gasteiger partial charge in [-0.15, -0.1) is 6.42 Å². The molecule has 0 bridgehead atoms. The summed E-state index contributed by atoms with van der Waals surface area (Å²) in [6, 6.07) is 14.0. The number of anilines is 1. The van der Waals surface area contributed by atoms with Crippen LogP contribution < -0.4 is 5.32 Å². The van der Waals surface area contributed by atoms with Gasteiger partial charge in [0.05, 0.1) is 5.60 Å². The van der Waals surface area contributed by atoms with E-state index in [1.165, 1.54) is 0 Å². The van der Waals surface area contributed by atoms with Crippen molar-refractivity contribution in [2.45, 2.75) is 25.7 Å². The van der Waals surface area contributed by atoms with E-state index >= 15 is 0 Å². The SMILES string of the molecule is C#Cc1cccc(-c2ccc3c(c2)C(C)(C)OC(C=O)N3)c1. The lowest BCUT2D eigenvalue weighted by molar-refractivity contribution is -0.128. The standard InChI is InChI=1S/C19H17NO2/c1-4-13-6-5-7-14(10-13)15-8-9-17-16(11-15)19(2,3)22-18(12-21)20-17/h1,5-12,18,20H,2-3H3. The van der Waals surface area contributed by atoms with Crippen LogP contribution >= 0.6 is 0 Å². The van der Waals surface area contributed by atoms with Gasteiger partial charge in [0.15, 0.2) is 12.5 Å². The van der Waals surface area contributed by atoms with Crippen molar-refractivity contribution < 1.29 is 9.53 Å². The summed E-state index contributed by atoms with van der Waals surface area (Å²) in [5.41, 5.74) is 4.39. The molecule has 22 heavy (non-hydrogen) atoms. The Hall–Kier alpha value is -2.57. The van der Waals surface area contributed by atoms with Gasteiger partial charge in [0.2, 0.25) is 0 Å². The van der Waals surface area contributed by atoms with Crippen LogP contribution in [0.15, 0.2) is 42.5 Å². The molecule has 0 saturated carbocycles. The van der Waals surface area contributed by atoms with Gasteiger partial charge >= 0.3 is 0 Å². The van der Waals surface area contributed by atoms with Crippen LogP contribution in [0.5, 0.6) is 0 Å². The van der Waals surface area contributed by atoms with Crippen LogP contribution in [0.1, 0.15) is 25.0 Å². The highest BCUT2D eigenvalue weighted by molar-refractivity contribution is 5.73. The van der Waals surface area contributed by atoms with Crippen LogP contribution in [0.3, 0.4) is 0 Å². The van der Waals surface area contributed by atoms with Gasteiger partial charge in [0.1, 0.15) is 0 Å². The van der Waals surface area contributed by atoms with Crippen molar-refractivity contribution in [3.63, 3.8) is 0 Å². The average Bonchev–Trinajstić information content (AvgIpc) is 2.54. The molecule has 3 nitrogen and oxygen atoms in total. The molecule has 1 aliphatic rings.